The molecule has 0 aromatic rings. The van der Waals surface area contributed by atoms with Crippen LogP contribution in [0, 0.1) is 0 Å². The van der Waals surface area contributed by atoms with Gasteiger partial charge in [-0.3, -0.25) is 4.79 Å². The first-order chi connectivity index (χ1) is 8.22. The molecule has 0 aromatic heterocycles. The van der Waals surface area contributed by atoms with Crippen molar-refractivity contribution in [3.05, 3.63) is 0 Å². The molecule has 0 radical (unpaired) electrons. The molecule has 1 aliphatic carbocycles. The van der Waals surface area contributed by atoms with E-state index in [4.69, 9.17) is 19.9 Å². The van der Waals surface area contributed by atoms with Crippen molar-refractivity contribution in [3.8, 4) is 0 Å². The third kappa shape index (κ3) is 3.43. The number of methoxy groups -OCH3 is 1. The van der Waals surface area contributed by atoms with Crippen molar-refractivity contribution in [2.24, 2.45) is 5.73 Å². The minimum absolute atomic E-state index is 0.0944. The quantitative estimate of drug-likeness (QED) is 0.734. The smallest absolute Gasteiger partial charge is 0.351 e. The molecule has 0 unspecified atom stereocenters. The summed E-state index contributed by atoms with van der Waals surface area (Å²) in [5, 5.41) is 0. The second kappa shape index (κ2) is 5.24. The maximum Gasteiger partial charge on any atom is 0.351 e. The van der Waals surface area contributed by atoms with Crippen molar-refractivity contribution >= 4 is 11.9 Å². The van der Waals surface area contributed by atoms with Gasteiger partial charge in [0, 0.05) is 20.0 Å². The summed E-state index contributed by atoms with van der Waals surface area (Å²) in [5.41, 5.74) is 3.34. The number of hydrogen-bond acceptors (Lipinski definition) is 6. The maximum absolute atomic E-state index is 12.1. The molecule has 0 amide bonds. The zero-order valence-electron chi connectivity index (χ0n) is 11.3. The van der Waals surface area contributed by atoms with Gasteiger partial charge in [-0.2, -0.15) is 0 Å². The van der Waals surface area contributed by atoms with Gasteiger partial charge in [-0.05, 0) is 20.8 Å². The molecular formula is C12H21NO5. The van der Waals surface area contributed by atoms with Gasteiger partial charge in [0.25, 0.3) is 0 Å². The summed E-state index contributed by atoms with van der Waals surface area (Å²) in [6.07, 6.45) is 0.525. The Morgan fingerprint density at radius 1 is 1.33 bits per heavy atom. The van der Waals surface area contributed by atoms with Crippen LogP contribution in [0.4, 0.5) is 0 Å². The van der Waals surface area contributed by atoms with E-state index in [-0.39, 0.29) is 12.6 Å². The van der Waals surface area contributed by atoms with Crippen molar-refractivity contribution in [2.45, 2.75) is 50.9 Å². The van der Waals surface area contributed by atoms with Crippen LogP contribution in [0.3, 0.4) is 0 Å². The Morgan fingerprint density at radius 3 is 2.28 bits per heavy atom. The lowest BCUT2D eigenvalue weighted by Crippen LogP contribution is -2.58. The lowest BCUT2D eigenvalue weighted by Gasteiger charge is -2.44. The van der Waals surface area contributed by atoms with Gasteiger partial charge >= 0.3 is 11.9 Å². The van der Waals surface area contributed by atoms with Crippen LogP contribution in [-0.4, -0.2) is 42.9 Å². The lowest BCUT2D eigenvalue weighted by atomic mass is 9.77. The van der Waals surface area contributed by atoms with Gasteiger partial charge in [-0.15, -0.1) is 0 Å². The van der Waals surface area contributed by atoms with Crippen LogP contribution in [0.1, 0.15) is 33.6 Å². The molecule has 1 rings (SSSR count). The molecule has 2 N–H and O–H groups in total. The number of ether oxygens (including phenoxy) is 3. The van der Waals surface area contributed by atoms with E-state index in [0.717, 1.165) is 0 Å². The van der Waals surface area contributed by atoms with Crippen LogP contribution in [0.25, 0.3) is 0 Å². The largest absolute Gasteiger partial charge is 0.457 e. The Labute approximate surface area is 107 Å². The van der Waals surface area contributed by atoms with Gasteiger partial charge in [0.1, 0.15) is 5.60 Å². The number of nitrogens with two attached hydrogens (primary N) is 1. The molecule has 18 heavy (non-hydrogen) atoms. The third-order valence-electron chi connectivity index (χ3n) is 2.69. The van der Waals surface area contributed by atoms with Gasteiger partial charge in [-0.25, -0.2) is 4.79 Å². The van der Waals surface area contributed by atoms with Gasteiger partial charge in [-0.1, -0.05) is 0 Å². The van der Waals surface area contributed by atoms with Gasteiger partial charge in [0.15, 0.2) is 0 Å². The first-order valence-corrected chi connectivity index (χ1v) is 5.90. The van der Waals surface area contributed by atoms with Crippen LogP contribution in [0.15, 0.2) is 0 Å². The normalized spacial score (nSPS) is 27.3. The van der Waals surface area contributed by atoms with Crippen LogP contribution in [-0.2, 0) is 23.8 Å². The van der Waals surface area contributed by atoms with Crippen LogP contribution >= 0.6 is 0 Å². The first-order valence-electron chi connectivity index (χ1n) is 5.90. The van der Waals surface area contributed by atoms with Crippen molar-refractivity contribution in [2.75, 3.05) is 13.7 Å². The molecule has 0 atom stereocenters. The molecule has 6 heteroatoms. The van der Waals surface area contributed by atoms with Gasteiger partial charge in [0.2, 0.25) is 5.60 Å². The molecule has 104 valence electrons. The number of carbonyl (C=O) groups is 2. The van der Waals surface area contributed by atoms with E-state index in [0.29, 0.717) is 12.8 Å². The molecule has 1 fully saturated rings. The van der Waals surface area contributed by atoms with Crippen molar-refractivity contribution in [1.82, 2.24) is 0 Å². The Balaban J connectivity index is 2.74. The highest BCUT2D eigenvalue weighted by atomic mass is 16.6. The molecule has 0 bridgehead atoms. The van der Waals surface area contributed by atoms with Crippen LogP contribution < -0.4 is 5.73 Å². The maximum atomic E-state index is 12.1. The predicted molar refractivity (Wildman–Crippen MR) is 63.8 cm³/mol. The van der Waals surface area contributed by atoms with E-state index in [1.54, 1.807) is 27.9 Å². The Hall–Kier alpha value is -1.14. The Morgan fingerprint density at radius 2 is 1.89 bits per heavy atom. The summed E-state index contributed by atoms with van der Waals surface area (Å²) in [6, 6.07) is 0. The fourth-order valence-corrected chi connectivity index (χ4v) is 1.76. The molecule has 0 heterocycles. The highest BCUT2D eigenvalue weighted by Crippen LogP contribution is 2.39. The summed E-state index contributed by atoms with van der Waals surface area (Å²) in [6.45, 7) is 5.02. The molecule has 1 aliphatic rings. The van der Waals surface area contributed by atoms with E-state index in [1.807, 2.05) is 0 Å². The van der Waals surface area contributed by atoms with E-state index in [9.17, 15) is 9.59 Å². The minimum Gasteiger partial charge on any atom is -0.457 e. The number of esters is 2. The predicted octanol–water partition coefficient (Wildman–Crippen LogP) is 0.378. The number of carbonyl (C=O) groups excluding carboxylic acids is 2. The van der Waals surface area contributed by atoms with E-state index in [1.165, 1.54) is 0 Å². The minimum atomic E-state index is -1.23. The summed E-state index contributed by atoms with van der Waals surface area (Å²) < 4.78 is 15.5. The van der Waals surface area contributed by atoms with Crippen LogP contribution in [0.2, 0.25) is 0 Å². The fourth-order valence-electron chi connectivity index (χ4n) is 1.76. The van der Waals surface area contributed by atoms with Crippen molar-refractivity contribution in [1.29, 1.82) is 0 Å². The summed E-state index contributed by atoms with van der Waals surface area (Å²) in [5.74, 6) is -1.15. The molecular weight excluding hydrogens is 238 g/mol. The molecule has 0 saturated heterocycles. The monoisotopic (exact) mass is 259 g/mol. The second-order valence-electron chi connectivity index (χ2n) is 5.44. The molecule has 0 aliphatic heterocycles. The van der Waals surface area contributed by atoms with E-state index >= 15 is 0 Å². The summed E-state index contributed by atoms with van der Waals surface area (Å²) >= 11 is 0. The third-order valence-corrected chi connectivity index (χ3v) is 2.69. The Bertz CT molecular complexity index is 328. The van der Waals surface area contributed by atoms with Crippen LogP contribution in [0.5, 0.6) is 0 Å². The Kier molecular flexibility index (Phi) is 4.34. The van der Waals surface area contributed by atoms with Crippen molar-refractivity contribution in [3.63, 3.8) is 0 Å². The summed E-state index contributed by atoms with van der Waals surface area (Å²) in [4.78, 5) is 23.4. The average molecular weight is 259 g/mol. The summed E-state index contributed by atoms with van der Waals surface area (Å²) in [7, 11) is 1.55. The van der Waals surface area contributed by atoms with E-state index < -0.39 is 23.1 Å². The molecule has 6 nitrogen and oxygen atoms in total. The highest BCUT2D eigenvalue weighted by molar-refractivity contribution is 5.85. The highest BCUT2D eigenvalue weighted by Gasteiger charge is 2.56. The van der Waals surface area contributed by atoms with Gasteiger partial charge in [0.05, 0.1) is 12.6 Å². The van der Waals surface area contributed by atoms with Gasteiger partial charge < -0.3 is 19.9 Å². The first kappa shape index (κ1) is 14.9. The molecule has 0 aromatic carbocycles. The topological polar surface area (TPSA) is 87.9 Å². The second-order valence-corrected chi connectivity index (χ2v) is 5.44. The zero-order chi connectivity index (χ0) is 14.0. The number of hydrogen-bond donors (Lipinski definition) is 1. The fraction of sp³-hybridized carbons (Fsp3) is 0.833. The van der Waals surface area contributed by atoms with E-state index in [2.05, 4.69) is 0 Å². The molecule has 1 saturated carbocycles. The standard InChI is InChI=1S/C12H21NO5/c1-11(2,3)18-10(15)12(17-9(14)7-13)5-8(6-12)16-4/h8H,5-7,13H2,1-4H3. The van der Waals surface area contributed by atoms with Crippen molar-refractivity contribution < 1.29 is 23.8 Å². The number of rotatable bonds is 4. The average Bonchev–Trinajstić information content (AvgIpc) is 2.19. The molecule has 0 spiro atoms. The SMILES string of the molecule is COC1CC(OC(=O)CN)(C(=O)OC(C)(C)C)C1. The zero-order valence-corrected chi connectivity index (χ0v) is 11.3. The lowest BCUT2D eigenvalue weighted by molar-refractivity contribution is -0.214.